The van der Waals surface area contributed by atoms with Crippen molar-refractivity contribution < 1.29 is 9.59 Å². The van der Waals surface area contributed by atoms with Gasteiger partial charge < -0.3 is 10.6 Å². The number of amides is 1. The Morgan fingerprint density at radius 3 is 2.50 bits per heavy atom. The standard InChI is InChI=1S/C21H17N5O2/c1-13-9-19(20(28)24-18-8-4-6-16(11-18)14(2)27)26-21(23-13)25-17-7-3-5-15(10-17)12-22/h3-11H,1-2H3,(H,24,28)(H,23,25,26). The van der Waals surface area contributed by atoms with Crippen molar-refractivity contribution in [2.45, 2.75) is 13.8 Å². The van der Waals surface area contributed by atoms with Gasteiger partial charge in [-0.05, 0) is 50.2 Å². The Bertz CT molecular complexity index is 1100. The van der Waals surface area contributed by atoms with Gasteiger partial charge in [0.2, 0.25) is 5.95 Å². The number of hydrogen-bond donors (Lipinski definition) is 2. The molecule has 0 radical (unpaired) electrons. The molecule has 7 heteroatoms. The van der Waals surface area contributed by atoms with Crippen LogP contribution in [0, 0.1) is 18.3 Å². The normalized spacial score (nSPS) is 10.0. The smallest absolute Gasteiger partial charge is 0.274 e. The van der Waals surface area contributed by atoms with Crippen molar-refractivity contribution in [3.05, 3.63) is 77.1 Å². The quantitative estimate of drug-likeness (QED) is 0.660. The number of aryl methyl sites for hydroxylation is 1. The lowest BCUT2D eigenvalue weighted by atomic mass is 10.1. The third kappa shape index (κ3) is 4.56. The number of anilines is 3. The van der Waals surface area contributed by atoms with Crippen LogP contribution in [0.15, 0.2) is 54.6 Å². The molecule has 2 N–H and O–H groups in total. The fourth-order valence-electron chi connectivity index (χ4n) is 2.55. The summed E-state index contributed by atoms with van der Waals surface area (Å²) in [5.41, 5.74) is 2.95. The fourth-order valence-corrected chi connectivity index (χ4v) is 2.55. The van der Waals surface area contributed by atoms with E-state index in [4.69, 9.17) is 5.26 Å². The van der Waals surface area contributed by atoms with Crippen LogP contribution in [0.25, 0.3) is 0 Å². The summed E-state index contributed by atoms with van der Waals surface area (Å²) < 4.78 is 0. The van der Waals surface area contributed by atoms with Gasteiger partial charge in [-0.3, -0.25) is 9.59 Å². The molecule has 3 aromatic rings. The Hall–Kier alpha value is -4.05. The summed E-state index contributed by atoms with van der Waals surface area (Å²) in [5.74, 6) is -0.252. The van der Waals surface area contributed by atoms with Crippen LogP contribution >= 0.6 is 0 Å². The number of nitriles is 1. The first-order chi connectivity index (χ1) is 13.4. The van der Waals surface area contributed by atoms with Gasteiger partial charge in [0.1, 0.15) is 5.69 Å². The molecule has 0 aliphatic rings. The second-order valence-corrected chi connectivity index (χ2v) is 6.13. The molecule has 0 spiro atoms. The van der Waals surface area contributed by atoms with Gasteiger partial charge >= 0.3 is 0 Å². The average molecular weight is 371 g/mol. The summed E-state index contributed by atoms with van der Waals surface area (Å²) in [4.78, 5) is 32.6. The van der Waals surface area contributed by atoms with E-state index in [1.807, 2.05) is 0 Å². The Kier molecular flexibility index (Phi) is 5.42. The molecule has 138 valence electrons. The highest BCUT2D eigenvalue weighted by Gasteiger charge is 2.12. The third-order valence-electron chi connectivity index (χ3n) is 3.86. The Morgan fingerprint density at radius 1 is 1.00 bits per heavy atom. The highest BCUT2D eigenvalue weighted by Crippen LogP contribution is 2.17. The Balaban J connectivity index is 1.82. The number of nitrogens with one attached hydrogen (secondary N) is 2. The fraction of sp³-hybridized carbons (Fsp3) is 0.0952. The first kappa shape index (κ1) is 18.7. The SMILES string of the molecule is CC(=O)c1cccc(NC(=O)c2cc(C)nc(Nc3cccc(C#N)c3)n2)c1. The molecule has 1 heterocycles. The summed E-state index contributed by atoms with van der Waals surface area (Å²) in [5, 5.41) is 14.7. The minimum atomic E-state index is -0.417. The van der Waals surface area contributed by atoms with Gasteiger partial charge in [-0.25, -0.2) is 9.97 Å². The van der Waals surface area contributed by atoms with Crippen LogP contribution in [0.4, 0.5) is 17.3 Å². The lowest BCUT2D eigenvalue weighted by Crippen LogP contribution is -2.15. The summed E-state index contributed by atoms with van der Waals surface area (Å²) in [6, 6.07) is 17.2. The van der Waals surface area contributed by atoms with Crippen molar-refractivity contribution >= 4 is 29.0 Å². The Morgan fingerprint density at radius 2 is 1.75 bits per heavy atom. The maximum absolute atomic E-state index is 12.6. The number of rotatable bonds is 5. The average Bonchev–Trinajstić information content (AvgIpc) is 2.68. The van der Waals surface area contributed by atoms with E-state index in [-0.39, 0.29) is 17.4 Å². The molecule has 1 aromatic heterocycles. The molecule has 0 atom stereocenters. The largest absolute Gasteiger partial charge is 0.324 e. The topological polar surface area (TPSA) is 108 Å². The van der Waals surface area contributed by atoms with Gasteiger partial charge in [0, 0.05) is 22.6 Å². The number of aromatic nitrogens is 2. The van der Waals surface area contributed by atoms with E-state index in [2.05, 4.69) is 26.7 Å². The van der Waals surface area contributed by atoms with Gasteiger partial charge in [-0.15, -0.1) is 0 Å². The van der Waals surface area contributed by atoms with Gasteiger partial charge in [0.15, 0.2) is 5.78 Å². The molecule has 7 nitrogen and oxygen atoms in total. The van der Waals surface area contributed by atoms with Crippen molar-refractivity contribution in [3.8, 4) is 6.07 Å². The monoisotopic (exact) mass is 371 g/mol. The lowest BCUT2D eigenvalue weighted by molar-refractivity contribution is 0.100. The zero-order valence-corrected chi connectivity index (χ0v) is 15.4. The Labute approximate surface area is 162 Å². The molecule has 0 aliphatic heterocycles. The summed E-state index contributed by atoms with van der Waals surface area (Å²) >= 11 is 0. The highest BCUT2D eigenvalue weighted by atomic mass is 16.2. The van der Waals surface area contributed by atoms with Gasteiger partial charge in [-0.2, -0.15) is 5.26 Å². The molecule has 1 amide bonds. The minimum Gasteiger partial charge on any atom is -0.324 e. The lowest BCUT2D eigenvalue weighted by Gasteiger charge is -2.09. The van der Waals surface area contributed by atoms with E-state index in [1.54, 1.807) is 61.5 Å². The highest BCUT2D eigenvalue weighted by molar-refractivity contribution is 6.04. The van der Waals surface area contributed by atoms with Crippen molar-refractivity contribution in [1.29, 1.82) is 5.26 Å². The van der Waals surface area contributed by atoms with E-state index in [9.17, 15) is 9.59 Å². The minimum absolute atomic E-state index is 0.0833. The van der Waals surface area contributed by atoms with Crippen LogP contribution in [-0.4, -0.2) is 21.7 Å². The maximum Gasteiger partial charge on any atom is 0.274 e. The first-order valence-electron chi connectivity index (χ1n) is 8.50. The molecule has 28 heavy (non-hydrogen) atoms. The van der Waals surface area contributed by atoms with Gasteiger partial charge in [0.05, 0.1) is 11.6 Å². The van der Waals surface area contributed by atoms with Gasteiger partial charge in [0.25, 0.3) is 5.91 Å². The zero-order chi connectivity index (χ0) is 20.1. The predicted molar refractivity (Wildman–Crippen MR) is 106 cm³/mol. The molecule has 3 rings (SSSR count). The molecular formula is C21H17N5O2. The van der Waals surface area contributed by atoms with E-state index in [0.717, 1.165) is 0 Å². The second-order valence-electron chi connectivity index (χ2n) is 6.13. The number of Topliss-reactive ketones (excluding diaryl/α,β-unsaturated/α-hetero) is 1. The van der Waals surface area contributed by atoms with Crippen LogP contribution < -0.4 is 10.6 Å². The molecule has 2 aromatic carbocycles. The van der Waals surface area contributed by atoms with Gasteiger partial charge in [-0.1, -0.05) is 18.2 Å². The molecule has 0 unspecified atom stereocenters. The van der Waals surface area contributed by atoms with E-state index >= 15 is 0 Å². The number of benzene rings is 2. The van der Waals surface area contributed by atoms with E-state index in [1.165, 1.54) is 6.92 Å². The molecule has 0 saturated heterocycles. The van der Waals surface area contributed by atoms with Crippen molar-refractivity contribution in [3.63, 3.8) is 0 Å². The maximum atomic E-state index is 12.6. The van der Waals surface area contributed by atoms with E-state index in [0.29, 0.717) is 28.2 Å². The number of carbonyl (C=O) groups is 2. The zero-order valence-electron chi connectivity index (χ0n) is 15.4. The summed E-state index contributed by atoms with van der Waals surface area (Å²) in [7, 11) is 0. The number of hydrogen-bond acceptors (Lipinski definition) is 6. The molecular weight excluding hydrogens is 354 g/mol. The molecule has 0 bridgehead atoms. The van der Waals surface area contributed by atoms with Crippen LogP contribution in [0.3, 0.4) is 0 Å². The van der Waals surface area contributed by atoms with Crippen LogP contribution in [0.1, 0.15) is 39.0 Å². The van der Waals surface area contributed by atoms with Crippen molar-refractivity contribution in [1.82, 2.24) is 9.97 Å². The van der Waals surface area contributed by atoms with Crippen LogP contribution in [-0.2, 0) is 0 Å². The van der Waals surface area contributed by atoms with Crippen molar-refractivity contribution in [2.75, 3.05) is 10.6 Å². The van der Waals surface area contributed by atoms with Crippen LogP contribution in [0.2, 0.25) is 0 Å². The van der Waals surface area contributed by atoms with Crippen LogP contribution in [0.5, 0.6) is 0 Å². The third-order valence-corrected chi connectivity index (χ3v) is 3.86. The molecule has 0 saturated carbocycles. The van der Waals surface area contributed by atoms with Crippen molar-refractivity contribution in [2.24, 2.45) is 0 Å². The second kappa shape index (κ2) is 8.10. The number of ketones is 1. The molecule has 0 fully saturated rings. The summed E-state index contributed by atoms with van der Waals surface area (Å²) in [6.07, 6.45) is 0. The first-order valence-corrected chi connectivity index (χ1v) is 8.50. The predicted octanol–water partition coefficient (Wildman–Crippen LogP) is 3.86. The summed E-state index contributed by atoms with van der Waals surface area (Å²) in [6.45, 7) is 3.22. The number of carbonyl (C=O) groups excluding carboxylic acids is 2. The van der Waals surface area contributed by atoms with E-state index < -0.39 is 5.91 Å². The number of nitrogens with zero attached hydrogens (tertiary/aromatic N) is 3. The molecule has 0 aliphatic carbocycles.